The van der Waals surface area contributed by atoms with E-state index in [1.165, 1.54) is 10.9 Å². The molecule has 0 fully saturated rings. The average Bonchev–Trinajstić information content (AvgIpc) is 2.98. The number of aromatic nitrogens is 1. The van der Waals surface area contributed by atoms with Crippen molar-refractivity contribution in [2.75, 3.05) is 12.4 Å². The lowest BCUT2D eigenvalue weighted by Gasteiger charge is -2.31. The summed E-state index contributed by atoms with van der Waals surface area (Å²) in [5.74, 6) is 0.733. The van der Waals surface area contributed by atoms with Crippen molar-refractivity contribution in [2.24, 2.45) is 7.05 Å². The van der Waals surface area contributed by atoms with Crippen LogP contribution in [-0.4, -0.2) is 17.7 Å². The van der Waals surface area contributed by atoms with Crippen LogP contribution in [0.5, 0.6) is 5.75 Å². The van der Waals surface area contributed by atoms with E-state index in [0.717, 1.165) is 17.0 Å². The highest BCUT2D eigenvalue weighted by atomic mass is 16.5. The summed E-state index contributed by atoms with van der Waals surface area (Å²) in [7, 11) is 3.68. The fourth-order valence-corrected chi connectivity index (χ4v) is 3.30. The highest BCUT2D eigenvalue weighted by Crippen LogP contribution is 2.36. The number of nitriles is 1. The normalized spacial score (nSPS) is 12.6. The summed E-state index contributed by atoms with van der Waals surface area (Å²) in [4.78, 5) is 0. The maximum absolute atomic E-state index is 9.87. The van der Waals surface area contributed by atoms with Gasteiger partial charge < -0.3 is 14.6 Å². The molecular weight excluding hydrogens is 310 g/mol. The Morgan fingerprint density at radius 1 is 1.12 bits per heavy atom. The van der Waals surface area contributed by atoms with Crippen molar-refractivity contribution < 1.29 is 4.74 Å². The Morgan fingerprint density at radius 3 is 2.52 bits per heavy atom. The predicted octanol–water partition coefficient (Wildman–Crippen LogP) is 4.47. The minimum Gasteiger partial charge on any atom is -0.495 e. The fraction of sp³-hybridized carbons (Fsp3) is 0.286. The van der Waals surface area contributed by atoms with Gasteiger partial charge in [0.05, 0.1) is 18.9 Å². The van der Waals surface area contributed by atoms with Crippen LogP contribution in [0.2, 0.25) is 0 Å². The smallest absolute Gasteiger partial charge is 0.141 e. The van der Waals surface area contributed by atoms with Crippen molar-refractivity contribution in [1.82, 2.24) is 4.57 Å². The number of para-hydroxylation sites is 3. The summed E-state index contributed by atoms with van der Waals surface area (Å²) in [6, 6.07) is 18.0. The number of ether oxygens (including phenoxy) is 1. The second kappa shape index (κ2) is 6.52. The van der Waals surface area contributed by atoms with Gasteiger partial charge in [-0.25, -0.2) is 0 Å². The van der Waals surface area contributed by atoms with Crippen LogP contribution < -0.4 is 10.1 Å². The number of rotatable bonds is 5. The molecule has 0 spiro atoms. The Bertz CT molecular complexity index is 934. The quantitative estimate of drug-likeness (QED) is 0.749. The lowest BCUT2D eigenvalue weighted by Crippen LogP contribution is -2.38. The average molecular weight is 333 g/mol. The maximum atomic E-state index is 9.87. The first-order chi connectivity index (χ1) is 12.0. The predicted molar refractivity (Wildman–Crippen MR) is 102 cm³/mol. The molecule has 0 radical (unpaired) electrons. The molecule has 1 atom stereocenters. The largest absolute Gasteiger partial charge is 0.495 e. The van der Waals surface area contributed by atoms with Crippen LogP contribution in [0.25, 0.3) is 10.9 Å². The first kappa shape index (κ1) is 16.9. The molecule has 0 saturated heterocycles. The fourth-order valence-electron chi connectivity index (χ4n) is 3.30. The Labute approximate surface area is 148 Å². The van der Waals surface area contributed by atoms with Crippen molar-refractivity contribution in [1.29, 1.82) is 5.26 Å². The van der Waals surface area contributed by atoms with Crippen molar-refractivity contribution in [3.05, 3.63) is 60.3 Å². The van der Waals surface area contributed by atoms with Gasteiger partial charge in [0, 0.05) is 29.6 Å². The van der Waals surface area contributed by atoms with Crippen LogP contribution in [0.4, 0.5) is 5.69 Å². The lowest BCUT2D eigenvalue weighted by atomic mass is 9.78. The molecule has 0 bridgehead atoms. The topological polar surface area (TPSA) is 50.0 Å². The number of methoxy groups -OCH3 is 1. The standard InChI is InChI=1S/C21H23N3O/c1-21(2,16-14-24(3)18-11-7-5-9-15(16)18)20(13-22)23-17-10-6-8-12-19(17)25-4/h5-12,14,20,23H,1-4H3. The number of benzene rings is 2. The van der Waals surface area contributed by atoms with Gasteiger partial charge in [-0.3, -0.25) is 0 Å². The molecule has 3 aromatic rings. The summed E-state index contributed by atoms with van der Waals surface area (Å²) in [6.45, 7) is 4.20. The molecular formula is C21H23N3O. The molecule has 1 unspecified atom stereocenters. The van der Waals surface area contributed by atoms with Gasteiger partial charge in [0.1, 0.15) is 11.8 Å². The van der Waals surface area contributed by atoms with Gasteiger partial charge in [-0.15, -0.1) is 0 Å². The van der Waals surface area contributed by atoms with Gasteiger partial charge in [-0.2, -0.15) is 5.26 Å². The summed E-state index contributed by atoms with van der Waals surface area (Å²) < 4.78 is 7.52. The van der Waals surface area contributed by atoms with Crippen LogP contribution in [0.15, 0.2) is 54.7 Å². The van der Waals surface area contributed by atoms with Gasteiger partial charge in [-0.05, 0) is 23.8 Å². The Hall–Kier alpha value is -2.93. The summed E-state index contributed by atoms with van der Waals surface area (Å²) in [5, 5.41) is 14.4. The number of fused-ring (bicyclic) bond motifs is 1. The van der Waals surface area contributed by atoms with Gasteiger partial charge in [-0.1, -0.05) is 44.2 Å². The van der Waals surface area contributed by atoms with Crippen molar-refractivity contribution in [2.45, 2.75) is 25.3 Å². The molecule has 1 heterocycles. The van der Waals surface area contributed by atoms with Gasteiger partial charge in [0.25, 0.3) is 0 Å². The van der Waals surface area contributed by atoms with E-state index in [2.05, 4.69) is 48.1 Å². The minimum absolute atomic E-state index is 0.392. The Kier molecular flexibility index (Phi) is 4.41. The molecule has 128 valence electrons. The van der Waals surface area contributed by atoms with Crippen LogP contribution in [0, 0.1) is 11.3 Å². The van der Waals surface area contributed by atoms with Gasteiger partial charge in [0.15, 0.2) is 0 Å². The molecule has 25 heavy (non-hydrogen) atoms. The molecule has 0 aliphatic heterocycles. The molecule has 0 aliphatic rings. The second-order valence-electron chi connectivity index (χ2n) is 6.80. The number of nitrogens with one attached hydrogen (secondary N) is 1. The first-order valence-corrected chi connectivity index (χ1v) is 8.32. The van der Waals surface area contributed by atoms with Crippen LogP contribution in [-0.2, 0) is 12.5 Å². The van der Waals surface area contributed by atoms with E-state index in [4.69, 9.17) is 4.74 Å². The number of hydrogen-bond donors (Lipinski definition) is 1. The number of hydrogen-bond acceptors (Lipinski definition) is 3. The molecule has 3 rings (SSSR count). The molecule has 0 saturated carbocycles. The SMILES string of the molecule is COc1ccccc1NC(C#N)C(C)(C)c1cn(C)c2ccccc12. The van der Waals surface area contributed by atoms with Crippen molar-refractivity contribution >= 4 is 16.6 Å². The van der Waals surface area contributed by atoms with E-state index in [9.17, 15) is 5.26 Å². The molecule has 1 aromatic heterocycles. The summed E-state index contributed by atoms with van der Waals surface area (Å²) >= 11 is 0. The van der Waals surface area contributed by atoms with E-state index in [-0.39, 0.29) is 0 Å². The monoisotopic (exact) mass is 333 g/mol. The molecule has 2 aromatic carbocycles. The van der Waals surface area contributed by atoms with Gasteiger partial charge in [0.2, 0.25) is 0 Å². The summed E-state index contributed by atoms with van der Waals surface area (Å²) in [6.07, 6.45) is 2.12. The van der Waals surface area contributed by atoms with E-state index in [1.54, 1.807) is 7.11 Å². The molecule has 0 amide bonds. The third-order valence-corrected chi connectivity index (χ3v) is 4.85. The van der Waals surface area contributed by atoms with Gasteiger partial charge >= 0.3 is 0 Å². The van der Waals surface area contributed by atoms with Crippen LogP contribution in [0.1, 0.15) is 19.4 Å². The summed E-state index contributed by atoms with van der Waals surface area (Å²) in [5.41, 5.74) is 2.75. The van der Waals surface area contributed by atoms with Crippen LogP contribution in [0.3, 0.4) is 0 Å². The van der Waals surface area contributed by atoms with E-state index in [0.29, 0.717) is 0 Å². The third-order valence-electron chi connectivity index (χ3n) is 4.85. The third kappa shape index (κ3) is 2.94. The zero-order valence-electron chi connectivity index (χ0n) is 15.1. The molecule has 0 aliphatic carbocycles. The lowest BCUT2D eigenvalue weighted by molar-refractivity contribution is 0.414. The molecule has 4 nitrogen and oxygen atoms in total. The van der Waals surface area contributed by atoms with Crippen molar-refractivity contribution in [3.63, 3.8) is 0 Å². The highest BCUT2D eigenvalue weighted by molar-refractivity contribution is 5.85. The van der Waals surface area contributed by atoms with E-state index >= 15 is 0 Å². The maximum Gasteiger partial charge on any atom is 0.141 e. The number of anilines is 1. The molecule has 4 heteroatoms. The Morgan fingerprint density at radius 2 is 1.80 bits per heavy atom. The van der Waals surface area contributed by atoms with E-state index < -0.39 is 11.5 Å². The van der Waals surface area contributed by atoms with Crippen molar-refractivity contribution in [3.8, 4) is 11.8 Å². The highest BCUT2D eigenvalue weighted by Gasteiger charge is 2.34. The Balaban J connectivity index is 2.03. The molecule has 1 N–H and O–H groups in total. The minimum atomic E-state index is -0.408. The second-order valence-corrected chi connectivity index (χ2v) is 6.80. The zero-order valence-corrected chi connectivity index (χ0v) is 15.1. The number of aryl methyl sites for hydroxylation is 1. The van der Waals surface area contributed by atoms with E-state index in [1.807, 2.05) is 43.4 Å². The van der Waals surface area contributed by atoms with Crippen LogP contribution >= 0.6 is 0 Å². The zero-order chi connectivity index (χ0) is 18.0. The first-order valence-electron chi connectivity index (χ1n) is 8.32. The number of nitrogens with zero attached hydrogens (tertiary/aromatic N) is 2.